The number of hydrogen-bond acceptors (Lipinski definition) is 7. The smallest absolute Gasteiger partial charge is 0.293 e. The van der Waals surface area contributed by atoms with Crippen LogP contribution < -0.4 is 4.90 Å². The molecule has 1 heterocycles. The minimum absolute atomic E-state index is 0.124. The van der Waals surface area contributed by atoms with E-state index in [2.05, 4.69) is 4.74 Å². The second-order valence-corrected chi connectivity index (χ2v) is 7.41. The highest BCUT2D eigenvalue weighted by Gasteiger charge is 2.29. The molecule has 10 nitrogen and oxygen atoms in total. The minimum Gasteiger partial charge on any atom is -0.468 e. The second-order valence-electron chi connectivity index (χ2n) is 7.41. The largest absolute Gasteiger partial charge is 0.468 e. The number of β-lactam (4-membered cyclic amide) rings is 1. The number of rotatable bonds is 13. The highest BCUT2D eigenvalue weighted by molar-refractivity contribution is 6.04. The van der Waals surface area contributed by atoms with Gasteiger partial charge in [-0.1, -0.05) is 12.1 Å². The molecule has 1 aliphatic rings. The van der Waals surface area contributed by atoms with E-state index in [1.54, 1.807) is 38.4 Å². The van der Waals surface area contributed by atoms with Gasteiger partial charge in [-0.05, 0) is 17.7 Å². The fourth-order valence-electron chi connectivity index (χ4n) is 2.93. The molecule has 0 bridgehead atoms. The van der Waals surface area contributed by atoms with Crippen molar-refractivity contribution in [3.63, 3.8) is 0 Å². The van der Waals surface area contributed by atoms with E-state index in [1.165, 1.54) is 14.7 Å². The van der Waals surface area contributed by atoms with Gasteiger partial charge in [0.15, 0.2) is 0 Å². The van der Waals surface area contributed by atoms with Gasteiger partial charge in [-0.15, -0.1) is 0 Å². The Labute approximate surface area is 187 Å². The van der Waals surface area contributed by atoms with Crippen molar-refractivity contribution in [1.82, 2.24) is 9.80 Å². The molecule has 0 N–H and O–H groups in total. The molecule has 1 aromatic rings. The third kappa shape index (κ3) is 7.45. The molecule has 1 aliphatic heterocycles. The van der Waals surface area contributed by atoms with Gasteiger partial charge in [0.05, 0.1) is 19.6 Å². The van der Waals surface area contributed by atoms with Gasteiger partial charge in [0, 0.05) is 52.3 Å². The molecule has 0 radical (unpaired) electrons. The van der Waals surface area contributed by atoms with E-state index in [1.807, 2.05) is 0 Å². The fraction of sp³-hybridized carbons (Fsp3) is 0.500. The molecule has 0 atom stereocenters. The lowest BCUT2D eigenvalue weighted by molar-refractivity contribution is -0.152. The van der Waals surface area contributed by atoms with Gasteiger partial charge in [-0.3, -0.25) is 28.9 Å². The highest BCUT2D eigenvalue weighted by Crippen LogP contribution is 2.17. The molecule has 0 unspecified atom stereocenters. The number of imide groups is 1. The van der Waals surface area contributed by atoms with E-state index < -0.39 is 0 Å². The van der Waals surface area contributed by atoms with Crippen LogP contribution in [-0.2, 0) is 39.9 Å². The van der Waals surface area contributed by atoms with Crippen molar-refractivity contribution in [3.8, 4) is 0 Å². The molecule has 0 aromatic heterocycles. The van der Waals surface area contributed by atoms with Crippen LogP contribution in [0.5, 0.6) is 0 Å². The van der Waals surface area contributed by atoms with Gasteiger partial charge >= 0.3 is 0 Å². The van der Waals surface area contributed by atoms with E-state index in [0.717, 1.165) is 5.56 Å². The highest BCUT2D eigenvalue weighted by atomic mass is 16.5. The zero-order valence-corrected chi connectivity index (χ0v) is 18.5. The standard InChI is InChI=1S/C22H29N3O7/c1-23(10-13-31-11-3-12-32-16-26)20(28)15-21(29)24(2)18-6-4-17(5-7-18)14-22(30)25-9-8-19(25)27/h4-7,16H,3,8-15H2,1-2H3. The zero-order valence-electron chi connectivity index (χ0n) is 18.5. The van der Waals surface area contributed by atoms with Gasteiger partial charge in [0.25, 0.3) is 6.47 Å². The Hall–Kier alpha value is -3.27. The van der Waals surface area contributed by atoms with Gasteiger partial charge in [0.1, 0.15) is 6.42 Å². The maximum atomic E-state index is 12.5. The molecule has 32 heavy (non-hydrogen) atoms. The maximum Gasteiger partial charge on any atom is 0.293 e. The van der Waals surface area contributed by atoms with Crippen molar-refractivity contribution >= 4 is 35.8 Å². The van der Waals surface area contributed by atoms with Crippen LogP contribution in [-0.4, -0.2) is 86.9 Å². The van der Waals surface area contributed by atoms with E-state index in [0.29, 0.717) is 51.3 Å². The predicted molar refractivity (Wildman–Crippen MR) is 115 cm³/mol. The first kappa shape index (κ1) is 25.0. The average molecular weight is 447 g/mol. The molecule has 4 amide bonds. The average Bonchev–Trinajstić information content (AvgIpc) is 2.77. The molecule has 1 fully saturated rings. The SMILES string of the molecule is CN(CCOCCCOC=O)C(=O)CC(=O)N(C)c1ccc(CC(=O)N2CCC2=O)cc1. The zero-order chi connectivity index (χ0) is 23.5. The molecule has 0 aliphatic carbocycles. The van der Waals surface area contributed by atoms with E-state index in [9.17, 15) is 24.0 Å². The second kappa shape index (κ2) is 12.6. The van der Waals surface area contributed by atoms with E-state index >= 15 is 0 Å². The molecule has 10 heteroatoms. The number of likely N-dealkylation sites (N-methyl/N-ethyl adjacent to an activating group) is 1. The number of ether oxygens (including phenoxy) is 2. The summed E-state index contributed by atoms with van der Waals surface area (Å²) in [6, 6.07) is 6.86. The lowest BCUT2D eigenvalue weighted by Crippen LogP contribution is -2.48. The molecular weight excluding hydrogens is 418 g/mol. The monoisotopic (exact) mass is 447 g/mol. The van der Waals surface area contributed by atoms with Crippen molar-refractivity contribution in [2.45, 2.75) is 25.7 Å². The predicted octanol–water partition coefficient (Wildman–Crippen LogP) is 0.379. The number of carbonyl (C=O) groups excluding carboxylic acids is 5. The topological polar surface area (TPSA) is 114 Å². The Bertz CT molecular complexity index is 825. The molecule has 1 aromatic carbocycles. The van der Waals surface area contributed by atoms with Gasteiger partial charge in [-0.2, -0.15) is 0 Å². The Morgan fingerprint density at radius 2 is 1.78 bits per heavy atom. The number of nitrogens with zero attached hydrogens (tertiary/aromatic N) is 3. The molecule has 2 rings (SSSR count). The lowest BCUT2D eigenvalue weighted by Gasteiger charge is -2.28. The third-order valence-corrected chi connectivity index (χ3v) is 5.12. The summed E-state index contributed by atoms with van der Waals surface area (Å²) in [7, 11) is 3.18. The summed E-state index contributed by atoms with van der Waals surface area (Å²) < 4.78 is 9.91. The summed E-state index contributed by atoms with van der Waals surface area (Å²) in [5, 5.41) is 0. The maximum absolute atomic E-state index is 12.5. The van der Waals surface area contributed by atoms with Crippen LogP contribution in [0.15, 0.2) is 24.3 Å². The first-order valence-corrected chi connectivity index (χ1v) is 10.4. The number of anilines is 1. The first-order chi connectivity index (χ1) is 15.3. The van der Waals surface area contributed by atoms with Crippen LogP contribution in [0.2, 0.25) is 0 Å². The Morgan fingerprint density at radius 3 is 2.38 bits per heavy atom. The number of hydrogen-bond donors (Lipinski definition) is 0. The van der Waals surface area contributed by atoms with Crippen LogP contribution in [0.1, 0.15) is 24.8 Å². The Balaban J connectivity index is 1.73. The molecule has 1 saturated heterocycles. The van der Waals surface area contributed by atoms with Gasteiger partial charge in [0.2, 0.25) is 23.6 Å². The molecule has 0 saturated carbocycles. The first-order valence-electron chi connectivity index (χ1n) is 10.4. The summed E-state index contributed by atoms with van der Waals surface area (Å²) in [6.07, 6.45) is 0.829. The Kier molecular flexibility index (Phi) is 9.80. The fourth-order valence-corrected chi connectivity index (χ4v) is 2.93. The van der Waals surface area contributed by atoms with Crippen LogP contribution >= 0.6 is 0 Å². The summed E-state index contributed by atoms with van der Waals surface area (Å²) in [6.45, 7) is 2.20. The summed E-state index contributed by atoms with van der Waals surface area (Å²) in [4.78, 5) is 62.2. The van der Waals surface area contributed by atoms with E-state index in [-0.39, 0.29) is 43.1 Å². The number of amides is 4. The number of carbonyl (C=O) groups is 5. The summed E-state index contributed by atoms with van der Waals surface area (Å²) >= 11 is 0. The van der Waals surface area contributed by atoms with Crippen molar-refractivity contribution in [2.75, 3.05) is 51.9 Å². The molecule has 0 spiro atoms. The van der Waals surface area contributed by atoms with Crippen LogP contribution in [0.3, 0.4) is 0 Å². The third-order valence-electron chi connectivity index (χ3n) is 5.12. The van der Waals surface area contributed by atoms with E-state index in [4.69, 9.17) is 4.74 Å². The van der Waals surface area contributed by atoms with Crippen molar-refractivity contribution < 1.29 is 33.4 Å². The molecule has 174 valence electrons. The van der Waals surface area contributed by atoms with Gasteiger partial charge in [-0.25, -0.2) is 0 Å². The van der Waals surface area contributed by atoms with Crippen molar-refractivity contribution in [1.29, 1.82) is 0 Å². The quantitative estimate of drug-likeness (QED) is 0.186. The van der Waals surface area contributed by atoms with Gasteiger partial charge < -0.3 is 19.3 Å². The summed E-state index contributed by atoms with van der Waals surface area (Å²) in [5.41, 5.74) is 1.34. The van der Waals surface area contributed by atoms with Crippen molar-refractivity contribution in [3.05, 3.63) is 29.8 Å². The number of likely N-dealkylation sites (tertiary alicyclic amines) is 1. The van der Waals surface area contributed by atoms with Crippen LogP contribution in [0.25, 0.3) is 0 Å². The lowest BCUT2D eigenvalue weighted by atomic mass is 10.1. The number of benzene rings is 1. The summed E-state index contributed by atoms with van der Waals surface area (Å²) in [5.74, 6) is -1.06. The van der Waals surface area contributed by atoms with Crippen molar-refractivity contribution in [2.24, 2.45) is 0 Å². The minimum atomic E-state index is -0.358. The van der Waals surface area contributed by atoms with Crippen LogP contribution in [0.4, 0.5) is 5.69 Å². The molecular formula is C22H29N3O7. The van der Waals surface area contributed by atoms with Crippen LogP contribution in [0, 0.1) is 0 Å². The normalized spacial score (nSPS) is 12.7. The Morgan fingerprint density at radius 1 is 1.06 bits per heavy atom.